The lowest BCUT2D eigenvalue weighted by molar-refractivity contribution is -0.162. The first-order chi connectivity index (χ1) is 12.1. The van der Waals surface area contributed by atoms with Crippen molar-refractivity contribution in [3.63, 3.8) is 0 Å². The highest BCUT2D eigenvalue weighted by atomic mass is 16.4. The number of nitrogens with zero attached hydrogens (tertiary/aromatic N) is 4. The Labute approximate surface area is 147 Å². The molecule has 0 radical (unpaired) electrons. The highest BCUT2D eigenvalue weighted by Gasteiger charge is 2.48. The minimum Gasteiger partial charge on any atom is -0.480 e. The van der Waals surface area contributed by atoms with Crippen LogP contribution in [0.3, 0.4) is 0 Å². The number of aryl methyl sites for hydroxylation is 1. The molecule has 1 amide bonds. The monoisotopic (exact) mass is 346 g/mol. The van der Waals surface area contributed by atoms with E-state index in [-0.39, 0.29) is 5.91 Å². The van der Waals surface area contributed by atoms with Gasteiger partial charge in [-0.25, -0.2) is 4.98 Å². The first kappa shape index (κ1) is 17.7. The van der Waals surface area contributed by atoms with Crippen LogP contribution < -0.4 is 0 Å². The van der Waals surface area contributed by atoms with Crippen LogP contribution in [0.4, 0.5) is 0 Å². The van der Waals surface area contributed by atoms with Crippen molar-refractivity contribution < 1.29 is 14.7 Å². The Bertz CT molecular complexity index is 661. The van der Waals surface area contributed by atoms with Gasteiger partial charge in [-0.15, -0.1) is 0 Å². The van der Waals surface area contributed by atoms with Gasteiger partial charge in [0, 0.05) is 45.1 Å². The SMILES string of the molecule is CCn1ccnc1CN1CCN(C(=O)C2(C(=O)O)CC=CCC2)CC1. The summed E-state index contributed by atoms with van der Waals surface area (Å²) in [6.07, 6.45) is 8.92. The van der Waals surface area contributed by atoms with E-state index in [0.29, 0.717) is 32.4 Å². The molecule has 1 atom stereocenters. The molecule has 7 heteroatoms. The molecule has 1 aromatic heterocycles. The van der Waals surface area contributed by atoms with Gasteiger partial charge in [0.1, 0.15) is 11.2 Å². The van der Waals surface area contributed by atoms with Gasteiger partial charge < -0.3 is 14.6 Å². The standard InChI is InChI=1S/C18H26N4O3/c1-2-21-9-8-19-15(21)14-20-10-12-22(13-11-20)16(23)18(17(24)25)6-4-3-5-7-18/h3-4,8-9H,2,5-7,10-14H2,1H3,(H,24,25). The number of hydrogen-bond donors (Lipinski definition) is 1. The quantitative estimate of drug-likeness (QED) is 0.643. The first-order valence-electron chi connectivity index (χ1n) is 8.97. The smallest absolute Gasteiger partial charge is 0.319 e. The van der Waals surface area contributed by atoms with E-state index < -0.39 is 11.4 Å². The second-order valence-corrected chi connectivity index (χ2v) is 6.80. The van der Waals surface area contributed by atoms with Crippen LogP contribution in [-0.4, -0.2) is 62.5 Å². The summed E-state index contributed by atoms with van der Waals surface area (Å²) >= 11 is 0. The van der Waals surface area contributed by atoms with Crippen molar-refractivity contribution in [2.45, 2.75) is 39.3 Å². The second kappa shape index (κ2) is 7.39. The Kier molecular flexibility index (Phi) is 5.22. The topological polar surface area (TPSA) is 78.7 Å². The van der Waals surface area contributed by atoms with Crippen LogP contribution in [0.5, 0.6) is 0 Å². The molecule has 1 saturated heterocycles. The van der Waals surface area contributed by atoms with Crippen LogP contribution >= 0.6 is 0 Å². The molecule has 1 aliphatic carbocycles. The maximum atomic E-state index is 12.9. The number of allylic oxidation sites excluding steroid dienone is 2. The normalized spacial score (nSPS) is 24.4. The summed E-state index contributed by atoms with van der Waals surface area (Å²) in [5, 5.41) is 9.67. The van der Waals surface area contributed by atoms with Gasteiger partial charge in [-0.05, 0) is 26.2 Å². The molecule has 2 aliphatic rings. The molecular formula is C18H26N4O3. The molecule has 1 aromatic rings. The van der Waals surface area contributed by atoms with E-state index in [9.17, 15) is 14.7 Å². The zero-order valence-electron chi connectivity index (χ0n) is 14.7. The molecule has 2 heterocycles. The molecule has 0 aromatic carbocycles. The summed E-state index contributed by atoms with van der Waals surface area (Å²) < 4.78 is 2.12. The molecule has 0 saturated carbocycles. The first-order valence-corrected chi connectivity index (χ1v) is 8.97. The lowest BCUT2D eigenvalue weighted by Gasteiger charge is -2.39. The second-order valence-electron chi connectivity index (χ2n) is 6.80. The predicted molar refractivity (Wildman–Crippen MR) is 92.8 cm³/mol. The zero-order valence-corrected chi connectivity index (χ0v) is 14.7. The predicted octanol–water partition coefficient (Wildman–Crippen LogP) is 1.36. The van der Waals surface area contributed by atoms with E-state index in [2.05, 4.69) is 21.4 Å². The van der Waals surface area contributed by atoms with Crippen LogP contribution in [-0.2, 0) is 22.7 Å². The highest BCUT2D eigenvalue weighted by Crippen LogP contribution is 2.35. The number of carbonyl (C=O) groups excluding carboxylic acids is 1. The van der Waals surface area contributed by atoms with Crippen LogP contribution in [0.2, 0.25) is 0 Å². The Morgan fingerprint density at radius 3 is 2.60 bits per heavy atom. The maximum absolute atomic E-state index is 12.9. The van der Waals surface area contributed by atoms with E-state index >= 15 is 0 Å². The Balaban J connectivity index is 1.60. The van der Waals surface area contributed by atoms with Gasteiger partial charge >= 0.3 is 5.97 Å². The number of rotatable bonds is 5. The molecule has 1 unspecified atom stereocenters. The van der Waals surface area contributed by atoms with Crippen molar-refractivity contribution in [1.82, 2.24) is 19.4 Å². The lowest BCUT2D eigenvalue weighted by atomic mass is 9.75. The summed E-state index contributed by atoms with van der Waals surface area (Å²) in [7, 11) is 0. The molecule has 0 spiro atoms. The third-order valence-corrected chi connectivity index (χ3v) is 5.36. The molecule has 0 bridgehead atoms. The molecule has 1 fully saturated rings. The van der Waals surface area contributed by atoms with Crippen molar-refractivity contribution >= 4 is 11.9 Å². The van der Waals surface area contributed by atoms with Crippen LogP contribution in [0.25, 0.3) is 0 Å². The molecule has 3 rings (SSSR count). The fraction of sp³-hybridized carbons (Fsp3) is 0.611. The van der Waals surface area contributed by atoms with Crippen LogP contribution in [0.1, 0.15) is 32.0 Å². The van der Waals surface area contributed by atoms with Gasteiger partial charge in [0.15, 0.2) is 0 Å². The molecule has 1 aliphatic heterocycles. The summed E-state index contributed by atoms with van der Waals surface area (Å²) in [5.74, 6) is -0.185. The third kappa shape index (κ3) is 3.46. The minimum atomic E-state index is -1.27. The number of aromatic nitrogens is 2. The van der Waals surface area contributed by atoms with Gasteiger partial charge in [0.25, 0.3) is 0 Å². The fourth-order valence-electron chi connectivity index (χ4n) is 3.71. The van der Waals surface area contributed by atoms with Gasteiger partial charge in [0.05, 0.1) is 6.54 Å². The van der Waals surface area contributed by atoms with Crippen molar-refractivity contribution in [3.05, 3.63) is 30.4 Å². The van der Waals surface area contributed by atoms with Gasteiger partial charge in [-0.3, -0.25) is 14.5 Å². The highest BCUT2D eigenvalue weighted by molar-refractivity contribution is 6.02. The number of imidazole rings is 1. The van der Waals surface area contributed by atoms with Crippen molar-refractivity contribution in [3.8, 4) is 0 Å². The van der Waals surface area contributed by atoms with E-state index in [4.69, 9.17) is 0 Å². The van der Waals surface area contributed by atoms with E-state index in [1.54, 1.807) is 4.90 Å². The Morgan fingerprint density at radius 1 is 1.24 bits per heavy atom. The van der Waals surface area contributed by atoms with E-state index in [1.807, 2.05) is 24.5 Å². The lowest BCUT2D eigenvalue weighted by Crippen LogP contribution is -2.55. The number of carboxylic acids is 1. The summed E-state index contributed by atoms with van der Waals surface area (Å²) in [4.78, 5) is 33.1. The van der Waals surface area contributed by atoms with Gasteiger partial charge in [0.2, 0.25) is 5.91 Å². The Hall–Kier alpha value is -2.15. The number of carboxylic acid groups (broad SMARTS) is 1. The molecule has 1 N–H and O–H groups in total. The molecule has 136 valence electrons. The Morgan fingerprint density at radius 2 is 2.00 bits per heavy atom. The van der Waals surface area contributed by atoms with Crippen LogP contribution in [0, 0.1) is 5.41 Å². The molecular weight excluding hydrogens is 320 g/mol. The molecule has 25 heavy (non-hydrogen) atoms. The van der Waals surface area contributed by atoms with Crippen LogP contribution in [0.15, 0.2) is 24.5 Å². The van der Waals surface area contributed by atoms with Crippen molar-refractivity contribution in [1.29, 1.82) is 0 Å². The zero-order chi connectivity index (χ0) is 17.9. The average Bonchev–Trinajstić information content (AvgIpc) is 3.09. The fourth-order valence-corrected chi connectivity index (χ4v) is 3.71. The van der Waals surface area contributed by atoms with Gasteiger partial charge in [-0.1, -0.05) is 12.2 Å². The van der Waals surface area contributed by atoms with E-state index in [1.165, 1.54) is 0 Å². The number of amides is 1. The summed E-state index contributed by atoms with van der Waals surface area (Å²) in [6.45, 7) is 6.38. The molecule has 7 nitrogen and oxygen atoms in total. The maximum Gasteiger partial charge on any atom is 0.319 e. The summed E-state index contributed by atoms with van der Waals surface area (Å²) in [6, 6.07) is 0. The third-order valence-electron chi connectivity index (χ3n) is 5.36. The van der Waals surface area contributed by atoms with Crippen molar-refractivity contribution in [2.75, 3.05) is 26.2 Å². The summed E-state index contributed by atoms with van der Waals surface area (Å²) in [5.41, 5.74) is -1.27. The number of aliphatic carboxylic acids is 1. The minimum absolute atomic E-state index is 0.223. The number of hydrogen-bond acceptors (Lipinski definition) is 4. The van der Waals surface area contributed by atoms with Crippen molar-refractivity contribution in [2.24, 2.45) is 5.41 Å². The largest absolute Gasteiger partial charge is 0.480 e. The number of carbonyl (C=O) groups is 2. The number of piperazine rings is 1. The van der Waals surface area contributed by atoms with Gasteiger partial charge in [-0.2, -0.15) is 0 Å². The van der Waals surface area contributed by atoms with E-state index in [0.717, 1.165) is 32.0 Å². The average molecular weight is 346 g/mol.